The van der Waals surface area contributed by atoms with Crippen molar-refractivity contribution in [2.45, 2.75) is 45.2 Å². The van der Waals surface area contributed by atoms with Crippen molar-refractivity contribution >= 4 is 0 Å². The maximum Gasteiger partial charge on any atom is 0.138 e. The quantitative estimate of drug-likeness (QED) is 0.863. The zero-order chi connectivity index (χ0) is 13.9. The van der Waals surface area contributed by atoms with Gasteiger partial charge in [-0.15, -0.1) is 0 Å². The van der Waals surface area contributed by atoms with Crippen LogP contribution in [-0.2, 0) is 6.54 Å². The highest BCUT2D eigenvalue weighted by molar-refractivity contribution is 5.27. The maximum absolute atomic E-state index is 9.99. The van der Waals surface area contributed by atoms with Crippen LogP contribution in [0.15, 0.2) is 12.1 Å². The van der Waals surface area contributed by atoms with Gasteiger partial charge in [0.2, 0.25) is 0 Å². The van der Waals surface area contributed by atoms with E-state index < -0.39 is 0 Å². The summed E-state index contributed by atoms with van der Waals surface area (Å²) in [5.74, 6) is 1.08. The zero-order valence-corrected chi connectivity index (χ0v) is 12.3. The molecule has 4 nitrogen and oxygen atoms in total. The number of aromatic hydroxyl groups is 1. The summed E-state index contributed by atoms with van der Waals surface area (Å²) in [6.07, 6.45) is 5.21. The third-order valence-corrected chi connectivity index (χ3v) is 4.40. The first-order chi connectivity index (χ1) is 9.72. The fourth-order valence-electron chi connectivity index (χ4n) is 3.11. The monoisotopic (exact) mass is 275 g/mol. The number of aromatic nitrogens is 1. The number of aryl methyl sites for hydroxylation is 1. The summed E-state index contributed by atoms with van der Waals surface area (Å²) in [6, 6.07) is 4.34. The summed E-state index contributed by atoms with van der Waals surface area (Å²) in [7, 11) is 0. The van der Waals surface area contributed by atoms with Crippen LogP contribution in [0.5, 0.6) is 5.75 Å². The van der Waals surface area contributed by atoms with Gasteiger partial charge in [0.15, 0.2) is 0 Å². The summed E-state index contributed by atoms with van der Waals surface area (Å²) < 4.78 is 0. The fourth-order valence-corrected chi connectivity index (χ4v) is 3.11. The number of pyridine rings is 1. The van der Waals surface area contributed by atoms with Crippen LogP contribution in [0.1, 0.15) is 37.1 Å². The number of rotatable bonds is 5. The topological polar surface area (TPSA) is 48.4 Å². The van der Waals surface area contributed by atoms with Crippen molar-refractivity contribution in [1.82, 2.24) is 15.2 Å². The molecule has 2 heterocycles. The van der Waals surface area contributed by atoms with Gasteiger partial charge in [-0.05, 0) is 63.7 Å². The van der Waals surface area contributed by atoms with Crippen molar-refractivity contribution in [2.75, 3.05) is 19.6 Å². The summed E-state index contributed by atoms with van der Waals surface area (Å²) in [5, 5.41) is 13.5. The molecule has 0 aromatic carbocycles. The molecule has 4 heteroatoms. The zero-order valence-electron chi connectivity index (χ0n) is 12.3. The summed E-state index contributed by atoms with van der Waals surface area (Å²) in [5.41, 5.74) is 1.81. The Kier molecular flexibility index (Phi) is 4.22. The van der Waals surface area contributed by atoms with Crippen molar-refractivity contribution in [3.63, 3.8) is 0 Å². The molecule has 2 aliphatic rings. The largest absolute Gasteiger partial charge is 0.506 e. The highest BCUT2D eigenvalue weighted by Gasteiger charge is 2.31. The maximum atomic E-state index is 9.99. The van der Waals surface area contributed by atoms with Crippen molar-refractivity contribution in [2.24, 2.45) is 5.92 Å². The summed E-state index contributed by atoms with van der Waals surface area (Å²) in [4.78, 5) is 7.04. The van der Waals surface area contributed by atoms with Crippen molar-refractivity contribution in [1.29, 1.82) is 0 Å². The lowest BCUT2D eigenvalue weighted by molar-refractivity contribution is 0.189. The van der Waals surface area contributed by atoms with Crippen LogP contribution in [0.3, 0.4) is 0 Å². The third kappa shape index (κ3) is 3.49. The first kappa shape index (κ1) is 13.8. The number of hydrogen-bond acceptors (Lipinski definition) is 4. The molecule has 1 saturated heterocycles. The minimum absolute atomic E-state index is 0.336. The van der Waals surface area contributed by atoms with Crippen LogP contribution < -0.4 is 5.32 Å². The molecule has 20 heavy (non-hydrogen) atoms. The molecule has 0 radical (unpaired) electrons. The van der Waals surface area contributed by atoms with Crippen LogP contribution >= 0.6 is 0 Å². The Morgan fingerprint density at radius 3 is 2.90 bits per heavy atom. The van der Waals surface area contributed by atoms with Crippen molar-refractivity contribution in [3.05, 3.63) is 23.5 Å². The van der Waals surface area contributed by atoms with Gasteiger partial charge in [-0.3, -0.25) is 9.88 Å². The van der Waals surface area contributed by atoms with E-state index in [4.69, 9.17) is 0 Å². The average Bonchev–Trinajstić information content (AvgIpc) is 3.28. The van der Waals surface area contributed by atoms with E-state index in [0.29, 0.717) is 11.8 Å². The van der Waals surface area contributed by atoms with Gasteiger partial charge >= 0.3 is 0 Å². The Hall–Kier alpha value is -1.13. The van der Waals surface area contributed by atoms with E-state index >= 15 is 0 Å². The fraction of sp³-hybridized carbons (Fsp3) is 0.688. The highest BCUT2D eigenvalue weighted by Crippen LogP contribution is 2.31. The van der Waals surface area contributed by atoms with Gasteiger partial charge < -0.3 is 10.4 Å². The first-order valence-electron chi connectivity index (χ1n) is 7.82. The lowest BCUT2D eigenvalue weighted by atomic mass is 9.99. The average molecular weight is 275 g/mol. The number of nitrogens with zero attached hydrogens (tertiary/aromatic N) is 2. The van der Waals surface area contributed by atoms with Gasteiger partial charge in [-0.2, -0.15) is 0 Å². The second-order valence-electron chi connectivity index (χ2n) is 6.29. The number of piperidine rings is 1. The molecule has 1 atom stereocenters. The Morgan fingerprint density at radius 1 is 1.35 bits per heavy atom. The van der Waals surface area contributed by atoms with Gasteiger partial charge in [0.05, 0.1) is 5.69 Å². The van der Waals surface area contributed by atoms with Gasteiger partial charge in [0.25, 0.3) is 0 Å². The normalized spacial score (nSPS) is 23.2. The van der Waals surface area contributed by atoms with Crippen LogP contribution in [0, 0.1) is 12.8 Å². The number of hydrogen-bond donors (Lipinski definition) is 2. The van der Waals surface area contributed by atoms with E-state index in [-0.39, 0.29) is 0 Å². The lowest BCUT2D eigenvalue weighted by Crippen LogP contribution is -2.39. The van der Waals surface area contributed by atoms with E-state index in [9.17, 15) is 5.11 Å². The molecule has 1 saturated carbocycles. The molecule has 1 unspecified atom stereocenters. The van der Waals surface area contributed by atoms with Gasteiger partial charge in [0.1, 0.15) is 5.75 Å². The smallest absolute Gasteiger partial charge is 0.138 e. The number of nitrogens with one attached hydrogen (secondary N) is 1. The molecule has 1 aromatic heterocycles. The molecular formula is C16H25N3O. The molecule has 110 valence electrons. The molecule has 1 aliphatic carbocycles. The van der Waals surface area contributed by atoms with Crippen LogP contribution in [0.2, 0.25) is 0 Å². The third-order valence-electron chi connectivity index (χ3n) is 4.40. The predicted molar refractivity (Wildman–Crippen MR) is 79.7 cm³/mol. The highest BCUT2D eigenvalue weighted by atomic mass is 16.3. The van der Waals surface area contributed by atoms with E-state index in [0.717, 1.165) is 36.9 Å². The van der Waals surface area contributed by atoms with Crippen molar-refractivity contribution < 1.29 is 5.11 Å². The Bertz CT molecular complexity index is 453. The summed E-state index contributed by atoms with van der Waals surface area (Å²) in [6.45, 7) is 6.20. The predicted octanol–water partition coefficient (Wildman–Crippen LogP) is 2.06. The first-order valence-corrected chi connectivity index (χ1v) is 7.82. The summed E-state index contributed by atoms with van der Waals surface area (Å²) >= 11 is 0. The minimum atomic E-state index is 0.336. The van der Waals surface area contributed by atoms with Crippen LogP contribution in [0.25, 0.3) is 0 Å². The SMILES string of the molecule is Cc1ccc(O)c(CN(CC2CCCNC2)C2CC2)n1. The van der Waals surface area contributed by atoms with Gasteiger partial charge in [-0.25, -0.2) is 0 Å². The van der Waals surface area contributed by atoms with E-state index in [1.54, 1.807) is 6.07 Å². The molecule has 2 fully saturated rings. The molecule has 3 rings (SSSR count). The van der Waals surface area contributed by atoms with Crippen molar-refractivity contribution in [3.8, 4) is 5.75 Å². The Morgan fingerprint density at radius 2 is 2.20 bits per heavy atom. The van der Waals surface area contributed by atoms with E-state index in [2.05, 4.69) is 15.2 Å². The van der Waals surface area contributed by atoms with Crippen LogP contribution in [0.4, 0.5) is 0 Å². The second-order valence-corrected chi connectivity index (χ2v) is 6.29. The minimum Gasteiger partial charge on any atom is -0.506 e. The molecule has 2 N–H and O–H groups in total. The van der Waals surface area contributed by atoms with E-state index in [1.165, 1.54) is 32.2 Å². The Labute approximate surface area is 121 Å². The molecule has 1 aliphatic heterocycles. The molecular weight excluding hydrogens is 250 g/mol. The molecule has 0 spiro atoms. The van der Waals surface area contributed by atoms with E-state index in [1.807, 2.05) is 13.0 Å². The molecule has 1 aromatic rings. The van der Waals surface area contributed by atoms with Gasteiger partial charge in [0, 0.05) is 24.8 Å². The second kappa shape index (κ2) is 6.10. The van der Waals surface area contributed by atoms with Crippen LogP contribution in [-0.4, -0.2) is 40.7 Å². The lowest BCUT2D eigenvalue weighted by Gasteiger charge is -2.30. The molecule has 0 bridgehead atoms. The standard InChI is InChI=1S/C16H25N3O/c1-12-4-7-16(20)15(18-12)11-19(14-5-6-14)10-13-3-2-8-17-9-13/h4,7,13-14,17,20H,2-3,5-6,8-11H2,1H3. The van der Waals surface area contributed by atoms with Gasteiger partial charge in [-0.1, -0.05) is 0 Å². The molecule has 0 amide bonds. The Balaban J connectivity index is 1.66.